The Kier molecular flexibility index (Phi) is 8.20. The summed E-state index contributed by atoms with van der Waals surface area (Å²) in [7, 11) is 0. The summed E-state index contributed by atoms with van der Waals surface area (Å²) in [5.74, 6) is -1.13. The third-order valence-corrected chi connectivity index (χ3v) is 7.11. The van der Waals surface area contributed by atoms with Crippen LogP contribution in [0.25, 0.3) is 11.1 Å². The highest BCUT2D eigenvalue weighted by Crippen LogP contribution is 2.44. The van der Waals surface area contributed by atoms with Crippen LogP contribution in [0.4, 0.5) is 4.79 Å². The second-order valence-corrected chi connectivity index (χ2v) is 10.1. The zero-order chi connectivity index (χ0) is 25.6. The number of benzene rings is 2. The van der Waals surface area contributed by atoms with Crippen LogP contribution in [0.1, 0.15) is 64.0 Å². The van der Waals surface area contributed by atoms with Gasteiger partial charge < -0.3 is 20.5 Å². The summed E-state index contributed by atoms with van der Waals surface area (Å²) in [6.45, 7) is 8.01. The smallest absolute Gasteiger partial charge is 0.407 e. The molecular weight excluding hydrogens is 444 g/mol. The molecule has 3 rings (SSSR count). The Balaban J connectivity index is 1.59. The van der Waals surface area contributed by atoms with Crippen molar-refractivity contribution in [1.82, 2.24) is 10.6 Å². The molecular formula is C28H36N2O5. The Morgan fingerprint density at radius 3 is 1.94 bits per heavy atom. The number of rotatable bonds is 11. The lowest BCUT2D eigenvalue weighted by atomic mass is 9.80. The number of carbonyl (C=O) groups excluding carboxylic acids is 2. The molecule has 0 spiro atoms. The van der Waals surface area contributed by atoms with E-state index in [1.807, 2.05) is 38.1 Å². The van der Waals surface area contributed by atoms with Crippen LogP contribution in [0.3, 0.4) is 0 Å². The number of carboxylic acid groups (broad SMARTS) is 1. The Morgan fingerprint density at radius 2 is 1.43 bits per heavy atom. The normalized spacial score (nSPS) is 13.0. The number of hydrogen-bond acceptors (Lipinski definition) is 4. The summed E-state index contributed by atoms with van der Waals surface area (Å²) in [6.07, 6.45) is 0.449. The van der Waals surface area contributed by atoms with Gasteiger partial charge in [0.05, 0.1) is 11.8 Å². The molecule has 0 unspecified atom stereocenters. The molecule has 0 aliphatic heterocycles. The summed E-state index contributed by atoms with van der Waals surface area (Å²) in [6, 6.07) is 16.3. The van der Waals surface area contributed by atoms with Gasteiger partial charge >= 0.3 is 12.1 Å². The second-order valence-electron chi connectivity index (χ2n) is 10.1. The number of nitrogens with one attached hydrogen (secondary N) is 2. The number of carboxylic acids is 1. The van der Waals surface area contributed by atoms with Crippen molar-refractivity contribution >= 4 is 18.0 Å². The van der Waals surface area contributed by atoms with Crippen LogP contribution in [0.15, 0.2) is 48.5 Å². The molecule has 0 atom stereocenters. The first-order valence-electron chi connectivity index (χ1n) is 12.2. The van der Waals surface area contributed by atoms with Crippen molar-refractivity contribution in [3.8, 4) is 11.1 Å². The van der Waals surface area contributed by atoms with Crippen molar-refractivity contribution in [1.29, 1.82) is 0 Å². The van der Waals surface area contributed by atoms with Gasteiger partial charge in [-0.3, -0.25) is 9.59 Å². The molecule has 1 aliphatic rings. The van der Waals surface area contributed by atoms with E-state index in [0.29, 0.717) is 12.8 Å². The summed E-state index contributed by atoms with van der Waals surface area (Å²) < 4.78 is 5.61. The molecule has 35 heavy (non-hydrogen) atoms. The molecule has 3 N–H and O–H groups in total. The highest BCUT2D eigenvalue weighted by molar-refractivity contribution is 5.84. The van der Waals surface area contributed by atoms with E-state index in [9.17, 15) is 14.4 Å². The average Bonchev–Trinajstić information content (AvgIpc) is 3.15. The van der Waals surface area contributed by atoms with Gasteiger partial charge in [-0.1, -0.05) is 76.2 Å². The summed E-state index contributed by atoms with van der Waals surface area (Å²) in [5, 5.41) is 14.8. The van der Waals surface area contributed by atoms with Crippen molar-refractivity contribution < 1.29 is 24.2 Å². The minimum atomic E-state index is -0.904. The Bertz CT molecular complexity index is 1030. The molecule has 188 valence electrons. The van der Waals surface area contributed by atoms with E-state index in [1.54, 1.807) is 13.8 Å². The summed E-state index contributed by atoms with van der Waals surface area (Å²) in [5.41, 5.74) is 3.23. The van der Waals surface area contributed by atoms with Crippen molar-refractivity contribution in [2.45, 2.75) is 52.9 Å². The number of alkyl carbamates (subject to hydrolysis) is 1. The minimum absolute atomic E-state index is 0.0324. The largest absolute Gasteiger partial charge is 0.481 e. The van der Waals surface area contributed by atoms with Gasteiger partial charge in [0.25, 0.3) is 0 Å². The molecule has 0 radical (unpaired) electrons. The number of carbonyl (C=O) groups is 3. The van der Waals surface area contributed by atoms with Gasteiger partial charge in [-0.25, -0.2) is 4.79 Å². The van der Waals surface area contributed by atoms with Crippen LogP contribution in [0, 0.1) is 10.8 Å². The van der Waals surface area contributed by atoms with Crippen LogP contribution in [-0.4, -0.2) is 42.8 Å². The van der Waals surface area contributed by atoms with E-state index < -0.39 is 22.9 Å². The zero-order valence-corrected chi connectivity index (χ0v) is 21.0. The first-order chi connectivity index (χ1) is 16.6. The molecule has 1 aliphatic carbocycles. The Labute approximate surface area is 207 Å². The quantitative estimate of drug-likeness (QED) is 0.422. The molecule has 0 bridgehead atoms. The maximum absolute atomic E-state index is 13.1. The number of hydrogen-bond donors (Lipinski definition) is 3. The van der Waals surface area contributed by atoms with Gasteiger partial charge in [0.1, 0.15) is 6.61 Å². The van der Waals surface area contributed by atoms with Gasteiger partial charge in [0, 0.05) is 19.0 Å². The van der Waals surface area contributed by atoms with E-state index in [0.717, 1.165) is 22.3 Å². The third-order valence-electron chi connectivity index (χ3n) is 7.11. The Morgan fingerprint density at radius 1 is 0.886 bits per heavy atom. The lowest BCUT2D eigenvalue weighted by molar-refractivity contribution is -0.140. The molecule has 0 saturated heterocycles. The van der Waals surface area contributed by atoms with E-state index in [2.05, 4.69) is 34.9 Å². The molecule has 2 aromatic rings. The molecule has 7 heteroatoms. The summed E-state index contributed by atoms with van der Waals surface area (Å²) >= 11 is 0. The standard InChI is InChI=1S/C28H36N2O5/c1-5-28(6-2,25(33)29-17-27(3,4)15-24(31)32)18-30-26(34)35-16-23-21-13-9-7-11-19(21)20-12-8-10-14-22(20)23/h7-14,23H,5-6,15-18H2,1-4H3,(H,29,33)(H,30,34)(H,31,32). The highest BCUT2D eigenvalue weighted by Gasteiger charge is 2.37. The number of ether oxygens (including phenoxy) is 1. The molecule has 2 aromatic carbocycles. The van der Waals surface area contributed by atoms with Gasteiger partial charge in [-0.15, -0.1) is 0 Å². The first-order valence-corrected chi connectivity index (χ1v) is 12.2. The van der Waals surface area contributed by atoms with Crippen LogP contribution in [0.2, 0.25) is 0 Å². The van der Waals surface area contributed by atoms with Gasteiger partial charge in [-0.2, -0.15) is 0 Å². The summed E-state index contributed by atoms with van der Waals surface area (Å²) in [4.78, 5) is 36.8. The van der Waals surface area contributed by atoms with Gasteiger partial charge in [0.2, 0.25) is 5.91 Å². The van der Waals surface area contributed by atoms with Crippen molar-refractivity contribution in [3.63, 3.8) is 0 Å². The fourth-order valence-electron chi connectivity index (χ4n) is 4.77. The molecule has 0 heterocycles. The predicted octanol–water partition coefficient (Wildman–Crippen LogP) is 4.95. The van der Waals surface area contributed by atoms with Gasteiger partial charge in [0.15, 0.2) is 0 Å². The molecule has 7 nitrogen and oxygen atoms in total. The van der Waals surface area contributed by atoms with Crippen LogP contribution < -0.4 is 10.6 Å². The van der Waals surface area contributed by atoms with E-state index in [-0.39, 0.29) is 37.9 Å². The molecule has 2 amide bonds. The maximum atomic E-state index is 13.1. The predicted molar refractivity (Wildman–Crippen MR) is 135 cm³/mol. The Hall–Kier alpha value is -3.35. The SMILES string of the molecule is CCC(CC)(CNC(=O)OCC1c2ccccc2-c2ccccc21)C(=O)NCC(C)(C)CC(=O)O. The van der Waals surface area contributed by atoms with E-state index >= 15 is 0 Å². The van der Waals surface area contributed by atoms with Crippen LogP contribution in [0.5, 0.6) is 0 Å². The number of fused-ring (bicyclic) bond motifs is 3. The average molecular weight is 481 g/mol. The highest BCUT2D eigenvalue weighted by atomic mass is 16.5. The lowest BCUT2D eigenvalue weighted by Gasteiger charge is -2.32. The number of aliphatic carboxylic acids is 1. The van der Waals surface area contributed by atoms with Crippen molar-refractivity contribution in [2.75, 3.05) is 19.7 Å². The van der Waals surface area contributed by atoms with Crippen LogP contribution in [-0.2, 0) is 14.3 Å². The third kappa shape index (κ3) is 6.02. The van der Waals surface area contributed by atoms with Crippen molar-refractivity contribution in [3.05, 3.63) is 59.7 Å². The van der Waals surface area contributed by atoms with Gasteiger partial charge in [-0.05, 0) is 40.5 Å². The molecule has 0 saturated carbocycles. The minimum Gasteiger partial charge on any atom is -0.481 e. The van der Waals surface area contributed by atoms with Crippen LogP contribution >= 0.6 is 0 Å². The second kappa shape index (κ2) is 10.9. The maximum Gasteiger partial charge on any atom is 0.407 e. The van der Waals surface area contributed by atoms with Crippen molar-refractivity contribution in [2.24, 2.45) is 10.8 Å². The topological polar surface area (TPSA) is 105 Å². The number of amides is 2. The lowest BCUT2D eigenvalue weighted by Crippen LogP contribution is -2.50. The fourth-order valence-corrected chi connectivity index (χ4v) is 4.77. The molecule has 0 fully saturated rings. The first kappa shape index (κ1) is 26.3. The molecule has 0 aromatic heterocycles. The van der Waals surface area contributed by atoms with E-state index in [1.165, 1.54) is 0 Å². The zero-order valence-electron chi connectivity index (χ0n) is 21.0. The van der Waals surface area contributed by atoms with E-state index in [4.69, 9.17) is 9.84 Å². The fraction of sp³-hybridized carbons (Fsp3) is 0.464. The monoisotopic (exact) mass is 480 g/mol.